The molecule has 0 radical (unpaired) electrons. The highest BCUT2D eigenvalue weighted by Gasteiger charge is 2.37. The van der Waals surface area contributed by atoms with Crippen molar-refractivity contribution in [1.29, 1.82) is 0 Å². The Balaban J connectivity index is 1.48. The van der Waals surface area contributed by atoms with Gasteiger partial charge in [0.05, 0.1) is 0 Å². The van der Waals surface area contributed by atoms with E-state index in [9.17, 15) is 9.59 Å². The minimum atomic E-state index is -0.362. The van der Waals surface area contributed by atoms with Crippen molar-refractivity contribution < 1.29 is 9.59 Å². The van der Waals surface area contributed by atoms with Gasteiger partial charge in [0.15, 0.2) is 0 Å². The molecule has 1 N–H and O–H groups in total. The van der Waals surface area contributed by atoms with Gasteiger partial charge in [-0.15, -0.1) is 10.2 Å². The van der Waals surface area contributed by atoms with E-state index >= 15 is 0 Å². The van der Waals surface area contributed by atoms with E-state index in [-0.39, 0.29) is 23.8 Å². The summed E-state index contributed by atoms with van der Waals surface area (Å²) in [5.74, 6) is 0.203. The third kappa shape index (κ3) is 3.88. The average molecular weight is 385 g/mol. The summed E-state index contributed by atoms with van der Waals surface area (Å²) in [7, 11) is 0. The van der Waals surface area contributed by atoms with E-state index in [1.807, 2.05) is 36.1 Å². The molecule has 2 fully saturated rings. The topological polar surface area (TPSA) is 75.2 Å². The van der Waals surface area contributed by atoms with Crippen LogP contribution in [-0.2, 0) is 9.59 Å². The standard InChI is InChI=1S/C20H24N4O2S/c1-13-22-23-19(27-13)15-8-5-9-16(12-15)21-18(25)17-10-2-3-11-24(17)20(26)14-6-4-7-14/h5,8-9,12,14,17H,2-4,6-7,10-11H2,1H3,(H,21,25)/t17-/m0/s1. The molecule has 6 nitrogen and oxygen atoms in total. The maximum Gasteiger partial charge on any atom is 0.247 e. The molecule has 2 aliphatic rings. The Morgan fingerprint density at radius 3 is 2.70 bits per heavy atom. The SMILES string of the molecule is Cc1nnc(-c2cccc(NC(=O)[C@@H]3CCCCN3C(=O)C3CCC3)c2)s1. The summed E-state index contributed by atoms with van der Waals surface area (Å²) in [5, 5.41) is 13.0. The number of nitrogens with zero attached hydrogens (tertiary/aromatic N) is 3. The van der Waals surface area contributed by atoms with E-state index in [2.05, 4.69) is 15.5 Å². The van der Waals surface area contributed by atoms with Crippen LogP contribution in [0.5, 0.6) is 0 Å². The molecule has 2 heterocycles. The van der Waals surface area contributed by atoms with Crippen molar-refractivity contribution in [2.75, 3.05) is 11.9 Å². The number of likely N-dealkylation sites (tertiary alicyclic amines) is 1. The van der Waals surface area contributed by atoms with Crippen LogP contribution in [0.4, 0.5) is 5.69 Å². The number of hydrogen-bond acceptors (Lipinski definition) is 5. The lowest BCUT2D eigenvalue weighted by Crippen LogP contribution is -2.52. The predicted molar refractivity (Wildman–Crippen MR) is 105 cm³/mol. The van der Waals surface area contributed by atoms with E-state index < -0.39 is 0 Å². The lowest BCUT2D eigenvalue weighted by Gasteiger charge is -2.39. The van der Waals surface area contributed by atoms with Gasteiger partial charge in [-0.3, -0.25) is 9.59 Å². The third-order valence-corrected chi connectivity index (χ3v) is 6.33. The van der Waals surface area contributed by atoms with Crippen LogP contribution in [0.25, 0.3) is 10.6 Å². The minimum absolute atomic E-state index is 0.0898. The Morgan fingerprint density at radius 1 is 1.15 bits per heavy atom. The minimum Gasteiger partial charge on any atom is -0.330 e. The van der Waals surface area contributed by atoms with Crippen molar-refractivity contribution in [1.82, 2.24) is 15.1 Å². The number of carbonyl (C=O) groups is 2. The Morgan fingerprint density at radius 2 is 2.00 bits per heavy atom. The molecule has 0 unspecified atom stereocenters. The van der Waals surface area contributed by atoms with Gasteiger partial charge >= 0.3 is 0 Å². The molecule has 1 saturated heterocycles. The first-order chi connectivity index (χ1) is 13.1. The Labute approximate surface area is 163 Å². The largest absolute Gasteiger partial charge is 0.330 e. The molecular weight excluding hydrogens is 360 g/mol. The summed E-state index contributed by atoms with van der Waals surface area (Å²) < 4.78 is 0. The van der Waals surface area contributed by atoms with Crippen LogP contribution in [0.3, 0.4) is 0 Å². The average Bonchev–Trinajstić information content (AvgIpc) is 3.07. The molecule has 7 heteroatoms. The fourth-order valence-corrected chi connectivity index (χ4v) is 4.41. The monoisotopic (exact) mass is 384 g/mol. The van der Waals surface area contributed by atoms with Crippen LogP contribution in [-0.4, -0.2) is 39.5 Å². The summed E-state index contributed by atoms with van der Waals surface area (Å²) in [6.45, 7) is 2.61. The van der Waals surface area contributed by atoms with Gasteiger partial charge < -0.3 is 10.2 Å². The second-order valence-corrected chi connectivity index (χ2v) is 8.55. The predicted octanol–water partition coefficient (Wildman–Crippen LogP) is 3.63. The van der Waals surface area contributed by atoms with Crippen LogP contribution in [0.1, 0.15) is 43.5 Å². The number of rotatable bonds is 4. The van der Waals surface area contributed by atoms with Gasteiger partial charge in [-0.2, -0.15) is 0 Å². The number of anilines is 1. The lowest BCUT2D eigenvalue weighted by molar-refractivity contribution is -0.146. The highest BCUT2D eigenvalue weighted by molar-refractivity contribution is 7.14. The zero-order chi connectivity index (χ0) is 18.8. The van der Waals surface area contributed by atoms with Crippen LogP contribution in [0.2, 0.25) is 0 Å². The molecule has 1 aromatic heterocycles. The zero-order valence-electron chi connectivity index (χ0n) is 15.5. The fourth-order valence-electron chi connectivity index (χ4n) is 3.73. The molecule has 1 aliphatic heterocycles. The van der Waals surface area contributed by atoms with E-state index in [0.717, 1.165) is 59.8 Å². The van der Waals surface area contributed by atoms with Crippen LogP contribution < -0.4 is 5.32 Å². The summed E-state index contributed by atoms with van der Waals surface area (Å²) in [6, 6.07) is 7.29. The van der Waals surface area contributed by atoms with Gasteiger partial charge in [0.2, 0.25) is 11.8 Å². The maximum atomic E-state index is 12.9. The van der Waals surface area contributed by atoms with Gasteiger partial charge in [-0.1, -0.05) is 29.9 Å². The molecule has 2 aromatic rings. The van der Waals surface area contributed by atoms with Crippen LogP contribution >= 0.6 is 11.3 Å². The first-order valence-electron chi connectivity index (χ1n) is 9.64. The van der Waals surface area contributed by atoms with Gasteiger partial charge in [0, 0.05) is 23.7 Å². The molecule has 1 atom stereocenters. The smallest absolute Gasteiger partial charge is 0.247 e. The molecule has 1 saturated carbocycles. The summed E-state index contributed by atoms with van der Waals surface area (Å²) in [4.78, 5) is 27.5. The normalized spacial score (nSPS) is 20.2. The zero-order valence-corrected chi connectivity index (χ0v) is 16.3. The lowest BCUT2D eigenvalue weighted by atomic mass is 9.83. The molecule has 27 heavy (non-hydrogen) atoms. The molecule has 4 rings (SSSR count). The highest BCUT2D eigenvalue weighted by Crippen LogP contribution is 2.31. The molecule has 1 aliphatic carbocycles. The van der Waals surface area contributed by atoms with Crippen molar-refractivity contribution in [3.8, 4) is 10.6 Å². The number of hydrogen-bond donors (Lipinski definition) is 1. The van der Waals surface area contributed by atoms with Crippen molar-refractivity contribution >= 4 is 28.8 Å². The van der Waals surface area contributed by atoms with Crippen molar-refractivity contribution in [3.05, 3.63) is 29.3 Å². The maximum absolute atomic E-state index is 12.9. The van der Waals surface area contributed by atoms with Crippen LogP contribution in [0, 0.1) is 12.8 Å². The Bertz CT molecular complexity index is 846. The van der Waals surface area contributed by atoms with E-state index in [1.54, 1.807) is 0 Å². The number of aromatic nitrogens is 2. The van der Waals surface area contributed by atoms with Gasteiger partial charge in [0.1, 0.15) is 16.1 Å². The molecule has 2 amide bonds. The second-order valence-electron chi connectivity index (χ2n) is 7.37. The van der Waals surface area contributed by atoms with E-state index in [1.165, 1.54) is 11.3 Å². The first-order valence-corrected chi connectivity index (χ1v) is 10.5. The number of amides is 2. The van der Waals surface area contributed by atoms with Crippen molar-refractivity contribution in [2.24, 2.45) is 5.92 Å². The quantitative estimate of drug-likeness (QED) is 0.873. The van der Waals surface area contributed by atoms with Crippen LogP contribution in [0.15, 0.2) is 24.3 Å². The number of aryl methyl sites for hydroxylation is 1. The first kappa shape index (κ1) is 18.1. The Kier molecular flexibility index (Phi) is 5.20. The molecular formula is C20H24N4O2S. The van der Waals surface area contributed by atoms with Gasteiger partial charge in [0.25, 0.3) is 0 Å². The third-order valence-electron chi connectivity index (χ3n) is 5.45. The van der Waals surface area contributed by atoms with E-state index in [4.69, 9.17) is 0 Å². The molecule has 0 bridgehead atoms. The van der Waals surface area contributed by atoms with E-state index in [0.29, 0.717) is 6.54 Å². The fraction of sp³-hybridized carbons (Fsp3) is 0.500. The number of carbonyl (C=O) groups excluding carboxylic acids is 2. The Hall–Kier alpha value is -2.28. The number of piperidine rings is 1. The van der Waals surface area contributed by atoms with Gasteiger partial charge in [-0.25, -0.2) is 0 Å². The second kappa shape index (κ2) is 7.76. The summed E-state index contributed by atoms with van der Waals surface area (Å²) in [5.41, 5.74) is 1.66. The summed E-state index contributed by atoms with van der Waals surface area (Å²) >= 11 is 1.53. The number of nitrogens with one attached hydrogen (secondary N) is 1. The molecule has 1 aromatic carbocycles. The number of benzene rings is 1. The van der Waals surface area contributed by atoms with Crippen molar-refractivity contribution in [2.45, 2.75) is 51.5 Å². The van der Waals surface area contributed by atoms with Crippen molar-refractivity contribution in [3.63, 3.8) is 0 Å². The highest BCUT2D eigenvalue weighted by atomic mass is 32.1. The summed E-state index contributed by atoms with van der Waals surface area (Å²) in [6.07, 6.45) is 5.75. The molecule has 0 spiro atoms. The van der Waals surface area contributed by atoms with Gasteiger partial charge in [-0.05, 0) is 51.2 Å². The molecule has 142 valence electrons.